The van der Waals surface area contributed by atoms with Crippen LogP contribution < -0.4 is 10.6 Å². The van der Waals surface area contributed by atoms with Gasteiger partial charge < -0.3 is 15.1 Å². The van der Waals surface area contributed by atoms with Crippen LogP contribution in [0.4, 0.5) is 0 Å². The first-order valence-electron chi connectivity index (χ1n) is 9.32. The molecule has 7 nitrogen and oxygen atoms in total. The molecular weight excluding hydrogens is 413 g/mol. The van der Waals surface area contributed by atoms with Crippen molar-refractivity contribution in [1.82, 2.24) is 25.3 Å². The first kappa shape index (κ1) is 21.4. The van der Waals surface area contributed by atoms with Gasteiger partial charge in [0.2, 0.25) is 0 Å². The monoisotopic (exact) mass is 435 g/mol. The molecule has 0 unspecified atom stereocenters. The molecule has 1 aliphatic heterocycles. The van der Waals surface area contributed by atoms with Crippen LogP contribution in [0.15, 0.2) is 53.1 Å². The smallest absolute Gasteiger partial charge is 0.271 e. The Morgan fingerprint density at radius 2 is 2.03 bits per heavy atom. The molecule has 0 saturated carbocycles. The second-order valence-electron chi connectivity index (χ2n) is 6.63. The zero-order chi connectivity index (χ0) is 19.3. The van der Waals surface area contributed by atoms with E-state index in [0.29, 0.717) is 28.7 Å². The molecule has 1 aliphatic rings. The van der Waals surface area contributed by atoms with Gasteiger partial charge in [0.25, 0.3) is 5.91 Å². The van der Waals surface area contributed by atoms with Crippen molar-refractivity contribution in [2.45, 2.75) is 0 Å². The minimum atomic E-state index is -0.205. The van der Waals surface area contributed by atoms with E-state index in [1.807, 2.05) is 18.2 Å². The topological polar surface area (TPSA) is 75.3 Å². The molecule has 0 aliphatic carbocycles. The molecular formula is C20H23Cl2N5O2. The fourth-order valence-corrected chi connectivity index (χ4v) is 3.43. The number of carbonyl (C=O) groups is 1. The second-order valence-corrected chi connectivity index (χ2v) is 7.07. The number of furan rings is 1. The van der Waals surface area contributed by atoms with E-state index in [-0.39, 0.29) is 18.3 Å². The third kappa shape index (κ3) is 5.19. The zero-order valence-electron chi connectivity index (χ0n) is 15.8. The Kier molecular flexibility index (Phi) is 7.33. The van der Waals surface area contributed by atoms with E-state index in [1.54, 1.807) is 35.2 Å². The van der Waals surface area contributed by atoms with Crippen LogP contribution in [0.3, 0.4) is 0 Å². The van der Waals surface area contributed by atoms with Crippen molar-refractivity contribution in [3.8, 4) is 17.1 Å². The molecule has 9 heteroatoms. The molecule has 154 valence electrons. The Morgan fingerprint density at radius 1 is 1.21 bits per heavy atom. The Hall–Kier alpha value is -2.32. The van der Waals surface area contributed by atoms with Crippen molar-refractivity contribution in [1.29, 1.82) is 0 Å². The van der Waals surface area contributed by atoms with Gasteiger partial charge in [-0.3, -0.25) is 9.69 Å². The average Bonchev–Trinajstić information content (AvgIpc) is 3.38. The maximum atomic E-state index is 12.6. The lowest BCUT2D eigenvalue weighted by Crippen LogP contribution is -2.46. The standard InChI is InChI=1S/C20H22ClN5O2.ClH/c21-15-3-1-4-16(13-15)26-18(19-5-2-12-28-19)14-17(24-26)20(27)23-8-11-25-9-6-22-7-10-25;/h1-5,12-14,22H,6-11H2,(H,23,27);1H. The second kappa shape index (κ2) is 9.93. The first-order chi connectivity index (χ1) is 13.7. The summed E-state index contributed by atoms with van der Waals surface area (Å²) in [7, 11) is 0. The highest BCUT2D eigenvalue weighted by molar-refractivity contribution is 6.30. The molecule has 2 N–H and O–H groups in total. The third-order valence-corrected chi connectivity index (χ3v) is 4.93. The van der Waals surface area contributed by atoms with Gasteiger partial charge >= 0.3 is 0 Å². The van der Waals surface area contributed by atoms with E-state index in [4.69, 9.17) is 16.0 Å². The highest BCUT2D eigenvalue weighted by Gasteiger charge is 2.18. The molecule has 4 rings (SSSR count). The minimum absolute atomic E-state index is 0. The number of hydrogen-bond acceptors (Lipinski definition) is 5. The minimum Gasteiger partial charge on any atom is -0.463 e. The molecule has 0 radical (unpaired) electrons. The van der Waals surface area contributed by atoms with Gasteiger partial charge in [0.15, 0.2) is 11.5 Å². The summed E-state index contributed by atoms with van der Waals surface area (Å²) < 4.78 is 7.20. The highest BCUT2D eigenvalue weighted by Crippen LogP contribution is 2.25. The normalized spacial score (nSPS) is 14.4. The summed E-state index contributed by atoms with van der Waals surface area (Å²) in [5, 5.41) is 11.4. The summed E-state index contributed by atoms with van der Waals surface area (Å²) in [6, 6.07) is 12.7. The van der Waals surface area contributed by atoms with Crippen LogP contribution >= 0.6 is 24.0 Å². The molecule has 1 aromatic carbocycles. The Labute approximate surface area is 180 Å². The van der Waals surface area contributed by atoms with Crippen molar-refractivity contribution >= 4 is 29.9 Å². The van der Waals surface area contributed by atoms with E-state index in [0.717, 1.165) is 38.4 Å². The lowest BCUT2D eigenvalue weighted by molar-refractivity contribution is 0.0942. The lowest BCUT2D eigenvalue weighted by Gasteiger charge is -2.26. The van der Waals surface area contributed by atoms with Crippen molar-refractivity contribution in [3.05, 3.63) is 59.4 Å². The summed E-state index contributed by atoms with van der Waals surface area (Å²) in [6.45, 7) is 5.39. The van der Waals surface area contributed by atoms with Crippen LogP contribution in [0, 0.1) is 0 Å². The number of hydrogen-bond donors (Lipinski definition) is 2. The quantitative estimate of drug-likeness (QED) is 0.622. The maximum absolute atomic E-state index is 12.6. The average molecular weight is 436 g/mol. The van der Waals surface area contributed by atoms with E-state index in [9.17, 15) is 4.79 Å². The fraction of sp³-hybridized carbons (Fsp3) is 0.300. The van der Waals surface area contributed by atoms with Gasteiger partial charge in [-0.15, -0.1) is 12.4 Å². The number of nitrogens with one attached hydrogen (secondary N) is 2. The van der Waals surface area contributed by atoms with Gasteiger partial charge in [0.1, 0.15) is 5.69 Å². The summed E-state index contributed by atoms with van der Waals surface area (Å²) in [5.41, 5.74) is 1.80. The Morgan fingerprint density at radius 3 is 2.76 bits per heavy atom. The van der Waals surface area contributed by atoms with Gasteiger partial charge in [-0.05, 0) is 30.3 Å². The number of halogens is 2. The number of piperazine rings is 1. The number of benzene rings is 1. The molecule has 1 amide bonds. The summed E-state index contributed by atoms with van der Waals surface area (Å²) in [5.74, 6) is 0.427. The van der Waals surface area contributed by atoms with Gasteiger partial charge in [-0.25, -0.2) is 4.68 Å². The summed E-state index contributed by atoms with van der Waals surface area (Å²) >= 11 is 6.13. The van der Waals surface area contributed by atoms with Crippen LogP contribution in [0.1, 0.15) is 10.5 Å². The highest BCUT2D eigenvalue weighted by atomic mass is 35.5. The van der Waals surface area contributed by atoms with Crippen LogP contribution in [-0.4, -0.2) is 59.9 Å². The maximum Gasteiger partial charge on any atom is 0.271 e. The van der Waals surface area contributed by atoms with Crippen LogP contribution in [0.5, 0.6) is 0 Å². The molecule has 3 aromatic rings. The summed E-state index contributed by atoms with van der Waals surface area (Å²) in [6.07, 6.45) is 1.60. The van der Waals surface area contributed by atoms with E-state index < -0.39 is 0 Å². The number of rotatable bonds is 6. The van der Waals surface area contributed by atoms with Crippen molar-refractivity contribution < 1.29 is 9.21 Å². The molecule has 1 fully saturated rings. The number of aromatic nitrogens is 2. The Balaban J connectivity index is 0.00000240. The lowest BCUT2D eigenvalue weighted by atomic mass is 10.2. The number of carbonyl (C=O) groups excluding carboxylic acids is 1. The molecule has 3 heterocycles. The molecule has 0 atom stereocenters. The fourth-order valence-electron chi connectivity index (χ4n) is 3.25. The first-order valence-corrected chi connectivity index (χ1v) is 9.70. The number of amides is 1. The van der Waals surface area contributed by atoms with Crippen molar-refractivity contribution in [2.75, 3.05) is 39.3 Å². The van der Waals surface area contributed by atoms with Gasteiger partial charge in [0, 0.05) is 50.4 Å². The van der Waals surface area contributed by atoms with E-state index in [1.165, 1.54) is 0 Å². The van der Waals surface area contributed by atoms with Gasteiger partial charge in [0.05, 0.1) is 12.0 Å². The predicted molar refractivity (Wildman–Crippen MR) is 115 cm³/mol. The molecule has 29 heavy (non-hydrogen) atoms. The number of nitrogens with zero attached hydrogens (tertiary/aromatic N) is 3. The van der Waals surface area contributed by atoms with Crippen LogP contribution in [0.25, 0.3) is 17.1 Å². The van der Waals surface area contributed by atoms with Gasteiger partial charge in [-0.2, -0.15) is 5.10 Å². The zero-order valence-corrected chi connectivity index (χ0v) is 17.4. The SMILES string of the molecule is Cl.O=C(NCCN1CCNCC1)c1cc(-c2ccco2)n(-c2cccc(Cl)c2)n1. The molecule has 0 bridgehead atoms. The third-order valence-electron chi connectivity index (χ3n) is 4.69. The van der Waals surface area contributed by atoms with Crippen molar-refractivity contribution in [3.63, 3.8) is 0 Å². The molecule has 1 saturated heterocycles. The predicted octanol–water partition coefficient (Wildman–Crippen LogP) is 2.84. The molecule has 2 aromatic heterocycles. The summed E-state index contributed by atoms with van der Waals surface area (Å²) in [4.78, 5) is 15.0. The van der Waals surface area contributed by atoms with E-state index >= 15 is 0 Å². The molecule has 0 spiro atoms. The van der Waals surface area contributed by atoms with Crippen molar-refractivity contribution in [2.24, 2.45) is 0 Å². The largest absolute Gasteiger partial charge is 0.463 e. The van der Waals surface area contributed by atoms with Gasteiger partial charge in [-0.1, -0.05) is 17.7 Å². The van der Waals surface area contributed by atoms with Crippen LogP contribution in [-0.2, 0) is 0 Å². The Bertz CT molecular complexity index is 936. The van der Waals surface area contributed by atoms with Crippen LogP contribution in [0.2, 0.25) is 5.02 Å². The van der Waals surface area contributed by atoms with E-state index in [2.05, 4.69) is 20.6 Å².